The lowest BCUT2D eigenvalue weighted by Gasteiger charge is -2.14. The van der Waals surface area contributed by atoms with Crippen molar-refractivity contribution in [2.75, 3.05) is 0 Å². The largest absolute Gasteiger partial charge is 0.456 e. The highest BCUT2D eigenvalue weighted by atomic mass is 32.1. The Bertz CT molecular complexity index is 4160. The number of aromatic nitrogens is 4. The molecular weight excluding hydrogens is 861 g/mol. The fraction of sp³-hybridized carbons (Fsp3) is 0.0317. The Morgan fingerprint density at radius 2 is 1.06 bits per heavy atom. The molecule has 5 nitrogen and oxygen atoms in total. The normalized spacial score (nSPS) is 11.4. The maximum atomic E-state index is 6.36. The van der Waals surface area contributed by atoms with Gasteiger partial charge in [-0.3, -0.25) is 4.57 Å². The van der Waals surface area contributed by atoms with Crippen LogP contribution >= 0.6 is 11.3 Å². The van der Waals surface area contributed by atoms with Crippen molar-refractivity contribution >= 4 is 87.4 Å². The van der Waals surface area contributed by atoms with Crippen LogP contribution in [-0.2, 0) is 0 Å². The molecule has 69 heavy (non-hydrogen) atoms. The summed E-state index contributed by atoms with van der Waals surface area (Å²) in [6, 6.07) is 68.4. The summed E-state index contributed by atoms with van der Waals surface area (Å²) in [5.41, 5.74) is 14.0. The average Bonchev–Trinajstić information content (AvgIpc) is 4.10. The van der Waals surface area contributed by atoms with Crippen LogP contribution in [0.1, 0.15) is 25.0 Å². The molecule has 9 aromatic carbocycles. The fourth-order valence-corrected chi connectivity index (χ4v) is 11.0. The summed E-state index contributed by atoms with van der Waals surface area (Å²) < 4.78 is 11.2. The van der Waals surface area contributed by atoms with Crippen molar-refractivity contribution in [2.24, 2.45) is 0 Å². The predicted molar refractivity (Wildman–Crippen MR) is 293 cm³/mol. The summed E-state index contributed by atoms with van der Waals surface area (Å²) >= 11 is 1.84. The monoisotopic (exact) mass is 904 g/mol. The van der Waals surface area contributed by atoms with E-state index in [0.29, 0.717) is 17.6 Å². The van der Waals surface area contributed by atoms with Crippen molar-refractivity contribution in [3.05, 3.63) is 218 Å². The number of fused-ring (bicyclic) bond motifs is 9. The van der Waals surface area contributed by atoms with Crippen molar-refractivity contribution < 1.29 is 4.42 Å². The van der Waals surface area contributed by atoms with E-state index in [9.17, 15) is 0 Å². The highest BCUT2D eigenvalue weighted by Crippen LogP contribution is 2.43. The molecule has 0 fully saturated rings. The van der Waals surface area contributed by atoms with Gasteiger partial charge in [-0.05, 0) is 93.5 Å². The first-order chi connectivity index (χ1) is 34.1. The average molecular weight is 905 g/mol. The van der Waals surface area contributed by atoms with Gasteiger partial charge in [0.2, 0.25) is 5.95 Å². The van der Waals surface area contributed by atoms with Gasteiger partial charge in [0.1, 0.15) is 11.2 Å². The second-order valence-corrected chi connectivity index (χ2v) is 17.9. The van der Waals surface area contributed by atoms with E-state index in [0.717, 1.165) is 88.3 Å². The van der Waals surface area contributed by atoms with E-state index in [-0.39, 0.29) is 0 Å². The Kier molecular flexibility index (Phi) is 10.4. The molecule has 0 N–H and O–H groups in total. The lowest BCUT2D eigenvalue weighted by molar-refractivity contribution is 0.669. The first-order valence-electron chi connectivity index (χ1n) is 23.3. The number of furan rings is 1. The van der Waals surface area contributed by atoms with Gasteiger partial charge in [0, 0.05) is 58.4 Å². The van der Waals surface area contributed by atoms with Crippen molar-refractivity contribution in [3.8, 4) is 62.1 Å². The molecule has 13 rings (SSSR count). The summed E-state index contributed by atoms with van der Waals surface area (Å²) in [4.78, 5) is 15.8. The SMILES string of the molecule is C=Cc1ccc2c(c1C=C)c1cccc(-c3cccc(-c4cccc(-c5ccc6sc7ccccc7c6c5)c4)c3)c1n2-c1nc(-c2ccccc2)nc(-c2ccc3c(c2)oc2ccccc23)n1.CC. The third-order valence-electron chi connectivity index (χ3n) is 13.0. The van der Waals surface area contributed by atoms with Crippen LogP contribution in [0.3, 0.4) is 0 Å². The Labute approximate surface area is 403 Å². The van der Waals surface area contributed by atoms with E-state index >= 15 is 0 Å². The van der Waals surface area contributed by atoms with Crippen LogP contribution in [-0.4, -0.2) is 19.5 Å². The van der Waals surface area contributed by atoms with Crippen molar-refractivity contribution in [2.45, 2.75) is 13.8 Å². The molecule has 0 aliphatic rings. The van der Waals surface area contributed by atoms with E-state index in [1.807, 2.05) is 91.9 Å². The molecule has 0 saturated heterocycles. The van der Waals surface area contributed by atoms with Gasteiger partial charge < -0.3 is 4.42 Å². The first kappa shape index (κ1) is 41.7. The van der Waals surface area contributed by atoms with Crippen LogP contribution in [0, 0.1) is 0 Å². The van der Waals surface area contributed by atoms with Crippen molar-refractivity contribution in [1.82, 2.24) is 19.5 Å². The second-order valence-electron chi connectivity index (χ2n) is 16.8. The lowest BCUT2D eigenvalue weighted by atomic mass is 9.94. The van der Waals surface area contributed by atoms with Gasteiger partial charge in [0.15, 0.2) is 11.6 Å². The van der Waals surface area contributed by atoms with Crippen LogP contribution in [0.5, 0.6) is 0 Å². The third-order valence-corrected chi connectivity index (χ3v) is 14.2. The maximum absolute atomic E-state index is 6.36. The molecule has 13 aromatic rings. The van der Waals surface area contributed by atoms with Crippen LogP contribution in [0.4, 0.5) is 0 Å². The maximum Gasteiger partial charge on any atom is 0.238 e. The number of nitrogens with zero attached hydrogens (tertiary/aromatic N) is 4. The molecule has 0 saturated carbocycles. The molecule has 0 amide bonds. The highest BCUT2D eigenvalue weighted by molar-refractivity contribution is 7.25. The minimum absolute atomic E-state index is 0.501. The third kappa shape index (κ3) is 7.04. The molecule has 0 radical (unpaired) electrons. The molecule has 328 valence electrons. The fourth-order valence-electron chi connectivity index (χ4n) is 9.86. The molecular formula is C63H44N4OS. The standard InChI is InChI=1S/C61H38N4OS.C2H6/c1-3-37-28-31-52-57(45(37)4-2)50-24-14-23-46(43-20-13-19-41(34-43)39-17-12-18-40(33-39)42-29-32-56-51(35-42)49-22-9-11-26-55(49)67-56)58(50)65(52)61-63-59(38-15-6-5-7-16-38)62-60(64-61)44-27-30-48-47-21-8-10-25-53(47)66-54(48)36-44;1-2/h3-36H,1-2H2;1-2H3. The first-order valence-corrected chi connectivity index (χ1v) is 24.1. The van der Waals surface area contributed by atoms with Gasteiger partial charge in [-0.2, -0.15) is 9.97 Å². The zero-order valence-corrected chi connectivity index (χ0v) is 39.0. The van der Waals surface area contributed by atoms with Gasteiger partial charge >= 0.3 is 0 Å². The van der Waals surface area contributed by atoms with Gasteiger partial charge in [0.05, 0.1) is 11.0 Å². The minimum atomic E-state index is 0.501. The zero-order valence-electron chi connectivity index (χ0n) is 38.1. The molecule has 4 heterocycles. The molecule has 0 spiro atoms. The van der Waals surface area contributed by atoms with Gasteiger partial charge in [-0.1, -0.05) is 179 Å². The zero-order chi connectivity index (χ0) is 46.6. The highest BCUT2D eigenvalue weighted by Gasteiger charge is 2.23. The molecule has 0 bridgehead atoms. The van der Waals surface area contributed by atoms with Crippen molar-refractivity contribution in [3.63, 3.8) is 0 Å². The summed E-state index contributed by atoms with van der Waals surface area (Å²) in [6.07, 6.45) is 3.82. The molecule has 0 aliphatic heterocycles. The molecule has 4 aromatic heterocycles. The number of para-hydroxylation sites is 2. The van der Waals surface area contributed by atoms with Gasteiger partial charge in [0.25, 0.3) is 0 Å². The van der Waals surface area contributed by atoms with Gasteiger partial charge in [-0.15, -0.1) is 11.3 Å². The van der Waals surface area contributed by atoms with E-state index < -0.39 is 0 Å². The Morgan fingerprint density at radius 3 is 1.84 bits per heavy atom. The van der Waals surface area contributed by atoms with Gasteiger partial charge in [-0.25, -0.2) is 4.98 Å². The van der Waals surface area contributed by atoms with Crippen LogP contribution < -0.4 is 0 Å². The predicted octanol–water partition coefficient (Wildman–Crippen LogP) is 17.9. The van der Waals surface area contributed by atoms with E-state index in [2.05, 4.69) is 157 Å². The van der Waals surface area contributed by atoms with Crippen LogP contribution in [0.15, 0.2) is 212 Å². The van der Waals surface area contributed by atoms with Crippen LogP contribution in [0.25, 0.3) is 138 Å². The Balaban J connectivity index is 0.00000243. The summed E-state index contributed by atoms with van der Waals surface area (Å²) in [6.45, 7) is 12.5. The molecule has 6 heteroatoms. The van der Waals surface area contributed by atoms with E-state index in [4.69, 9.17) is 19.4 Å². The number of rotatable bonds is 8. The molecule has 0 atom stereocenters. The molecule has 0 aliphatic carbocycles. The van der Waals surface area contributed by atoms with E-state index in [1.54, 1.807) is 0 Å². The number of benzene rings is 9. The minimum Gasteiger partial charge on any atom is -0.456 e. The Morgan fingerprint density at radius 1 is 0.449 bits per heavy atom. The Hall–Kier alpha value is -8.71. The quantitative estimate of drug-likeness (QED) is 0.152. The molecule has 0 unspecified atom stereocenters. The lowest BCUT2D eigenvalue weighted by Crippen LogP contribution is -2.07. The number of hydrogen-bond donors (Lipinski definition) is 0. The smallest absolute Gasteiger partial charge is 0.238 e. The summed E-state index contributed by atoms with van der Waals surface area (Å²) in [5.74, 6) is 1.61. The van der Waals surface area contributed by atoms with E-state index in [1.165, 1.54) is 31.3 Å². The second kappa shape index (κ2) is 17.2. The number of hydrogen-bond acceptors (Lipinski definition) is 5. The summed E-state index contributed by atoms with van der Waals surface area (Å²) in [5, 5.41) is 6.82. The number of thiophene rings is 1. The topological polar surface area (TPSA) is 56.7 Å². The van der Waals surface area contributed by atoms with Crippen LogP contribution in [0.2, 0.25) is 0 Å². The summed E-state index contributed by atoms with van der Waals surface area (Å²) in [7, 11) is 0. The van der Waals surface area contributed by atoms with Crippen molar-refractivity contribution in [1.29, 1.82) is 0 Å².